The number of alkyl halides is 3. The Morgan fingerprint density at radius 3 is 2.46 bits per heavy atom. The fourth-order valence-corrected chi connectivity index (χ4v) is 5.34. The first-order valence-corrected chi connectivity index (χ1v) is 12.3. The van der Waals surface area contributed by atoms with E-state index in [0.29, 0.717) is 49.2 Å². The van der Waals surface area contributed by atoms with E-state index in [0.717, 1.165) is 6.07 Å². The Kier molecular flexibility index (Phi) is 7.33. The van der Waals surface area contributed by atoms with Gasteiger partial charge in [0.25, 0.3) is 5.56 Å². The van der Waals surface area contributed by atoms with Crippen LogP contribution < -0.4 is 10.5 Å². The first kappa shape index (κ1) is 26.7. The maximum atomic E-state index is 13.8. The summed E-state index contributed by atoms with van der Waals surface area (Å²) in [5.74, 6) is -0.325. The van der Waals surface area contributed by atoms with E-state index in [1.54, 1.807) is 24.6 Å². The quantitative estimate of drug-likeness (QED) is 0.443. The summed E-state index contributed by atoms with van der Waals surface area (Å²) in [6.45, 7) is 6.62. The van der Waals surface area contributed by atoms with Crippen LogP contribution in [0.25, 0.3) is 5.65 Å². The molecular formula is C26H30F4N6O. The van der Waals surface area contributed by atoms with Gasteiger partial charge in [-0.05, 0) is 37.5 Å². The van der Waals surface area contributed by atoms with E-state index in [1.165, 1.54) is 16.7 Å². The fourth-order valence-electron chi connectivity index (χ4n) is 5.34. The molecule has 0 N–H and O–H groups in total. The molecule has 0 aliphatic carbocycles. The zero-order valence-electron chi connectivity index (χ0n) is 21.3. The normalized spacial score (nSPS) is 19.8. The highest BCUT2D eigenvalue weighted by Gasteiger charge is 2.40. The van der Waals surface area contributed by atoms with Crippen LogP contribution in [0.5, 0.6) is 0 Å². The molecule has 0 saturated carbocycles. The standard InChI is InChI=1S/C26H30F4N6O/c1-5-19-15-35(24-13-25(37)33(4)23-12-18(9-10-31)32-36(23)24)20(6-2)14-34(19)16(3)21-8-7-17(27)11-22(21)26(28,29)30/h7-8,11-13,16,19-20H,5-6,9,14-15H2,1-4H3/t16-,19+,20-/m0/s1. The second-order valence-corrected chi connectivity index (χ2v) is 9.52. The third-order valence-electron chi connectivity index (χ3n) is 7.39. The zero-order valence-corrected chi connectivity index (χ0v) is 21.3. The molecule has 0 amide bonds. The highest BCUT2D eigenvalue weighted by molar-refractivity contribution is 5.52. The molecule has 4 rings (SSSR count). The van der Waals surface area contributed by atoms with Crippen molar-refractivity contribution in [2.45, 2.75) is 64.3 Å². The Morgan fingerprint density at radius 1 is 1.14 bits per heavy atom. The first-order valence-electron chi connectivity index (χ1n) is 12.3. The molecule has 3 atom stereocenters. The lowest BCUT2D eigenvalue weighted by Gasteiger charge is -2.49. The Hall–Kier alpha value is -3.39. The van der Waals surface area contributed by atoms with E-state index in [4.69, 9.17) is 5.26 Å². The molecule has 3 aromatic rings. The second-order valence-electron chi connectivity index (χ2n) is 9.52. The molecule has 0 unspecified atom stereocenters. The molecule has 1 fully saturated rings. The lowest BCUT2D eigenvalue weighted by molar-refractivity contribution is -0.139. The number of fused-ring (bicyclic) bond motifs is 1. The van der Waals surface area contributed by atoms with E-state index in [9.17, 15) is 22.4 Å². The summed E-state index contributed by atoms with van der Waals surface area (Å²) >= 11 is 0. The van der Waals surface area contributed by atoms with Crippen molar-refractivity contribution in [1.29, 1.82) is 5.26 Å². The summed E-state index contributed by atoms with van der Waals surface area (Å²) in [7, 11) is 1.64. The Bertz CT molecular complexity index is 1390. The zero-order chi connectivity index (χ0) is 27.1. The van der Waals surface area contributed by atoms with Crippen LogP contribution in [0.1, 0.15) is 56.5 Å². The lowest BCUT2D eigenvalue weighted by Crippen LogP contribution is -2.59. The second kappa shape index (κ2) is 10.2. The fraction of sp³-hybridized carbons (Fsp3) is 0.500. The van der Waals surface area contributed by atoms with Gasteiger partial charge in [-0.2, -0.15) is 23.5 Å². The van der Waals surface area contributed by atoms with Crippen molar-refractivity contribution >= 4 is 11.5 Å². The minimum absolute atomic E-state index is 0.0415. The summed E-state index contributed by atoms with van der Waals surface area (Å²) in [6, 6.07) is 7.34. The third kappa shape index (κ3) is 4.94. The largest absolute Gasteiger partial charge is 0.416 e. The van der Waals surface area contributed by atoms with Gasteiger partial charge in [0.05, 0.1) is 23.7 Å². The van der Waals surface area contributed by atoms with E-state index in [2.05, 4.69) is 21.0 Å². The number of halogens is 4. The van der Waals surface area contributed by atoms with Gasteiger partial charge in [-0.15, -0.1) is 0 Å². The number of rotatable bonds is 6. The van der Waals surface area contributed by atoms with Gasteiger partial charge in [0.2, 0.25) is 0 Å². The van der Waals surface area contributed by atoms with Gasteiger partial charge < -0.3 is 4.90 Å². The Labute approximate surface area is 212 Å². The third-order valence-corrected chi connectivity index (χ3v) is 7.39. The molecular weight excluding hydrogens is 488 g/mol. The predicted molar refractivity (Wildman–Crippen MR) is 132 cm³/mol. The van der Waals surface area contributed by atoms with Gasteiger partial charge in [-0.25, -0.2) is 8.91 Å². The van der Waals surface area contributed by atoms with E-state index < -0.39 is 23.6 Å². The summed E-state index contributed by atoms with van der Waals surface area (Å²) in [4.78, 5) is 17.0. The number of nitrogens with zero attached hydrogens (tertiary/aromatic N) is 6. The predicted octanol–water partition coefficient (Wildman–Crippen LogP) is 4.70. The Balaban J connectivity index is 1.75. The van der Waals surface area contributed by atoms with Crippen molar-refractivity contribution < 1.29 is 17.6 Å². The number of aromatic nitrogens is 3. The molecule has 2 aromatic heterocycles. The van der Waals surface area contributed by atoms with Crippen molar-refractivity contribution in [2.24, 2.45) is 7.05 Å². The Morgan fingerprint density at radius 2 is 1.84 bits per heavy atom. The van der Waals surface area contributed by atoms with Crippen LogP contribution in [0.3, 0.4) is 0 Å². The van der Waals surface area contributed by atoms with Crippen molar-refractivity contribution in [1.82, 2.24) is 19.1 Å². The molecule has 3 heterocycles. The summed E-state index contributed by atoms with van der Waals surface area (Å²) < 4.78 is 58.2. The molecule has 1 aliphatic rings. The topological polar surface area (TPSA) is 69.6 Å². The minimum Gasteiger partial charge on any atom is -0.351 e. The molecule has 37 heavy (non-hydrogen) atoms. The summed E-state index contributed by atoms with van der Waals surface area (Å²) in [5, 5.41) is 13.7. The van der Waals surface area contributed by atoms with E-state index in [-0.39, 0.29) is 29.6 Å². The average molecular weight is 519 g/mol. The highest BCUT2D eigenvalue weighted by Crippen LogP contribution is 2.39. The summed E-state index contributed by atoms with van der Waals surface area (Å²) in [6.07, 6.45) is -3.23. The van der Waals surface area contributed by atoms with Crippen LogP contribution in [0.15, 0.2) is 35.1 Å². The van der Waals surface area contributed by atoms with Crippen molar-refractivity contribution in [2.75, 3.05) is 18.0 Å². The molecule has 1 aromatic carbocycles. The number of hydrogen-bond acceptors (Lipinski definition) is 5. The number of benzene rings is 1. The van der Waals surface area contributed by atoms with Gasteiger partial charge in [-0.1, -0.05) is 19.9 Å². The highest BCUT2D eigenvalue weighted by atomic mass is 19.4. The molecule has 1 aliphatic heterocycles. The van der Waals surface area contributed by atoms with Gasteiger partial charge in [-0.3, -0.25) is 14.3 Å². The number of nitriles is 1. The smallest absolute Gasteiger partial charge is 0.351 e. The maximum Gasteiger partial charge on any atom is 0.416 e. The number of piperazine rings is 1. The van der Waals surface area contributed by atoms with E-state index in [1.807, 2.05) is 13.8 Å². The van der Waals surface area contributed by atoms with Crippen LogP contribution in [-0.2, 0) is 19.6 Å². The number of anilines is 1. The van der Waals surface area contributed by atoms with Crippen LogP contribution >= 0.6 is 0 Å². The van der Waals surface area contributed by atoms with Crippen LogP contribution in [0.4, 0.5) is 23.4 Å². The average Bonchev–Trinajstić information content (AvgIpc) is 3.29. The molecule has 198 valence electrons. The van der Waals surface area contributed by atoms with Crippen molar-refractivity contribution in [3.63, 3.8) is 0 Å². The first-order chi connectivity index (χ1) is 17.5. The molecule has 0 spiro atoms. The monoisotopic (exact) mass is 518 g/mol. The van der Waals surface area contributed by atoms with Gasteiger partial charge in [0.1, 0.15) is 17.3 Å². The number of hydrogen-bond donors (Lipinski definition) is 0. The van der Waals surface area contributed by atoms with Crippen LogP contribution in [0.2, 0.25) is 0 Å². The molecule has 0 bridgehead atoms. The SMILES string of the molecule is CC[C@H]1CN([C@@H](C)c2ccc(F)cc2C(F)(F)F)[C@H](CC)CN1c1cc(=O)n(C)c2cc(CC#N)nn12. The molecule has 0 radical (unpaired) electrons. The molecule has 7 nitrogen and oxygen atoms in total. The van der Waals surface area contributed by atoms with Crippen molar-refractivity contribution in [3.05, 3.63) is 63.3 Å². The van der Waals surface area contributed by atoms with Crippen LogP contribution in [0, 0.1) is 17.1 Å². The van der Waals surface area contributed by atoms with Gasteiger partial charge >= 0.3 is 6.18 Å². The maximum absolute atomic E-state index is 13.8. The lowest BCUT2D eigenvalue weighted by atomic mass is 9.94. The molecule has 11 heteroatoms. The molecule has 1 saturated heterocycles. The van der Waals surface area contributed by atoms with E-state index >= 15 is 0 Å². The number of aryl methyl sites for hydroxylation is 1. The minimum atomic E-state index is -4.67. The van der Waals surface area contributed by atoms with Gasteiger partial charge in [0, 0.05) is 50.4 Å². The van der Waals surface area contributed by atoms with Crippen LogP contribution in [-0.4, -0.2) is 44.3 Å². The van der Waals surface area contributed by atoms with Crippen molar-refractivity contribution in [3.8, 4) is 6.07 Å². The van der Waals surface area contributed by atoms with Gasteiger partial charge in [0.15, 0.2) is 0 Å². The summed E-state index contributed by atoms with van der Waals surface area (Å²) in [5.41, 5.74) is -0.0217.